The molecule has 0 saturated carbocycles. The fourth-order valence-electron chi connectivity index (χ4n) is 2.59. The Labute approximate surface area is 139 Å². The van der Waals surface area contributed by atoms with Gasteiger partial charge in [0.2, 0.25) is 0 Å². The number of rotatable bonds is 6. The number of thiazole rings is 1. The summed E-state index contributed by atoms with van der Waals surface area (Å²) < 4.78 is 5.77. The number of hydrogen-bond acceptors (Lipinski definition) is 6. The molecule has 1 aromatic carbocycles. The molecule has 1 aliphatic rings. The number of aromatic nitrogens is 1. The topological polar surface area (TPSA) is 87.3 Å². The van der Waals surface area contributed by atoms with Crippen LogP contribution in [-0.2, 0) is 6.61 Å². The van der Waals surface area contributed by atoms with Gasteiger partial charge in [-0.05, 0) is 43.7 Å². The van der Waals surface area contributed by atoms with E-state index >= 15 is 0 Å². The number of ether oxygens (including phenoxy) is 1. The summed E-state index contributed by atoms with van der Waals surface area (Å²) in [5.41, 5.74) is 1.72. The van der Waals surface area contributed by atoms with Crippen LogP contribution < -0.4 is 20.9 Å². The average molecular weight is 331 g/mol. The lowest BCUT2D eigenvalue weighted by atomic mass is 10.0. The molecule has 7 heteroatoms. The van der Waals surface area contributed by atoms with Gasteiger partial charge in [-0.15, -0.1) is 11.3 Å². The van der Waals surface area contributed by atoms with Crippen LogP contribution in [0.1, 0.15) is 29.5 Å². The van der Waals surface area contributed by atoms with Crippen LogP contribution in [-0.4, -0.2) is 24.4 Å². The van der Waals surface area contributed by atoms with Crippen LogP contribution in [0.25, 0.3) is 0 Å². The molecule has 1 fully saturated rings. The highest BCUT2D eigenvalue weighted by Gasteiger charge is 2.18. The summed E-state index contributed by atoms with van der Waals surface area (Å²) in [6.45, 7) is 2.61. The van der Waals surface area contributed by atoms with Gasteiger partial charge in [-0.1, -0.05) is 0 Å². The van der Waals surface area contributed by atoms with E-state index in [9.17, 15) is 0 Å². The molecule has 2 heterocycles. The van der Waals surface area contributed by atoms with Crippen molar-refractivity contribution in [3.8, 4) is 5.75 Å². The van der Waals surface area contributed by atoms with Crippen molar-refractivity contribution in [2.24, 2.45) is 5.84 Å². The first-order valence-electron chi connectivity index (χ1n) is 7.68. The molecule has 2 aromatic rings. The Kier molecular flexibility index (Phi) is 5.22. The second kappa shape index (κ2) is 7.54. The van der Waals surface area contributed by atoms with Crippen LogP contribution in [0, 0.1) is 5.41 Å². The van der Waals surface area contributed by atoms with Crippen LogP contribution in [0.2, 0.25) is 0 Å². The first-order valence-corrected chi connectivity index (χ1v) is 8.56. The van der Waals surface area contributed by atoms with Crippen molar-refractivity contribution in [3.63, 3.8) is 0 Å². The molecule has 3 rings (SSSR count). The molecule has 1 saturated heterocycles. The van der Waals surface area contributed by atoms with Gasteiger partial charge >= 0.3 is 0 Å². The molecule has 6 nitrogen and oxygen atoms in total. The van der Waals surface area contributed by atoms with E-state index in [1.807, 2.05) is 24.3 Å². The number of hydrogen-bond donors (Lipinski definition) is 3. The third-order valence-corrected chi connectivity index (χ3v) is 4.93. The van der Waals surface area contributed by atoms with E-state index < -0.39 is 0 Å². The molecule has 0 aliphatic carbocycles. The lowest BCUT2D eigenvalue weighted by Gasteiger charge is -2.20. The van der Waals surface area contributed by atoms with Crippen LogP contribution in [0.3, 0.4) is 0 Å². The van der Waals surface area contributed by atoms with Crippen LogP contribution >= 0.6 is 11.3 Å². The quantitative estimate of drug-likeness (QED) is 0.328. The summed E-state index contributed by atoms with van der Waals surface area (Å²) in [6.07, 6.45) is 3.49. The van der Waals surface area contributed by atoms with Gasteiger partial charge in [-0.2, -0.15) is 0 Å². The van der Waals surface area contributed by atoms with E-state index in [-0.39, 0.29) is 0 Å². The van der Waals surface area contributed by atoms with Gasteiger partial charge in [0.1, 0.15) is 18.7 Å². The lowest BCUT2D eigenvalue weighted by molar-refractivity contribution is 0.301. The van der Waals surface area contributed by atoms with Crippen LogP contribution in [0.15, 0.2) is 29.6 Å². The maximum absolute atomic E-state index is 7.11. The standard InChI is InChI=1S/C16H21N5OS/c17-11-21(18)14-3-5-15(6-4-14)22-9-13-10-23-16(20-13)12-2-1-7-19-8-12/h3-6,10-12,17,19H,1-2,7-9,18H2. The van der Waals surface area contributed by atoms with Crippen molar-refractivity contribution in [2.75, 3.05) is 18.1 Å². The van der Waals surface area contributed by atoms with Crippen molar-refractivity contribution >= 4 is 23.4 Å². The highest BCUT2D eigenvalue weighted by atomic mass is 32.1. The molecule has 0 spiro atoms. The third kappa shape index (κ3) is 4.07. The molecule has 23 heavy (non-hydrogen) atoms. The second-order valence-electron chi connectivity index (χ2n) is 5.54. The van der Waals surface area contributed by atoms with Gasteiger partial charge in [0.15, 0.2) is 0 Å². The minimum Gasteiger partial charge on any atom is -0.487 e. The molecular weight excluding hydrogens is 310 g/mol. The summed E-state index contributed by atoms with van der Waals surface area (Å²) in [6, 6.07) is 7.33. The van der Waals surface area contributed by atoms with Gasteiger partial charge in [0.05, 0.1) is 16.4 Å². The normalized spacial score (nSPS) is 17.7. The number of nitrogens with one attached hydrogen (secondary N) is 2. The zero-order valence-electron chi connectivity index (χ0n) is 12.9. The Morgan fingerprint density at radius 1 is 1.43 bits per heavy atom. The lowest BCUT2D eigenvalue weighted by Crippen LogP contribution is -2.28. The summed E-state index contributed by atoms with van der Waals surface area (Å²) in [5.74, 6) is 6.92. The van der Waals surface area contributed by atoms with Crippen LogP contribution in [0.5, 0.6) is 5.75 Å². The maximum Gasteiger partial charge on any atom is 0.131 e. The Balaban J connectivity index is 1.56. The van der Waals surface area contributed by atoms with Gasteiger partial charge in [0, 0.05) is 17.8 Å². The highest BCUT2D eigenvalue weighted by molar-refractivity contribution is 7.09. The monoisotopic (exact) mass is 331 g/mol. The van der Waals surface area contributed by atoms with Crippen molar-refractivity contribution in [1.29, 1.82) is 5.41 Å². The summed E-state index contributed by atoms with van der Waals surface area (Å²) in [7, 11) is 0. The largest absolute Gasteiger partial charge is 0.487 e. The SMILES string of the molecule is N=CN(N)c1ccc(OCc2csc(C3CCCNC3)n2)cc1. The smallest absolute Gasteiger partial charge is 0.131 e. The average Bonchev–Trinajstić information content (AvgIpc) is 3.09. The minimum absolute atomic E-state index is 0.465. The summed E-state index contributed by atoms with van der Waals surface area (Å²) >= 11 is 1.72. The third-order valence-electron chi connectivity index (χ3n) is 3.88. The van der Waals surface area contributed by atoms with E-state index in [2.05, 4.69) is 10.7 Å². The molecular formula is C16H21N5OS. The van der Waals surface area contributed by atoms with Gasteiger partial charge < -0.3 is 10.1 Å². The first-order chi connectivity index (χ1) is 11.3. The Morgan fingerprint density at radius 3 is 2.96 bits per heavy atom. The molecule has 122 valence electrons. The fourth-order valence-corrected chi connectivity index (χ4v) is 3.53. The molecule has 0 amide bonds. The van der Waals surface area contributed by atoms with E-state index in [0.717, 1.165) is 36.6 Å². The first kappa shape index (κ1) is 15.9. The van der Waals surface area contributed by atoms with Crippen molar-refractivity contribution < 1.29 is 4.74 Å². The summed E-state index contributed by atoms with van der Waals surface area (Å²) in [5, 5.41) is 15.1. The second-order valence-corrected chi connectivity index (χ2v) is 6.43. The Bertz CT molecular complexity index is 636. The molecule has 1 aromatic heterocycles. The predicted octanol–water partition coefficient (Wildman–Crippen LogP) is 2.48. The predicted molar refractivity (Wildman–Crippen MR) is 93.2 cm³/mol. The summed E-state index contributed by atoms with van der Waals surface area (Å²) in [4.78, 5) is 4.70. The Morgan fingerprint density at radius 2 is 2.26 bits per heavy atom. The molecule has 4 N–H and O–H groups in total. The molecule has 0 bridgehead atoms. The number of anilines is 1. The zero-order valence-corrected chi connectivity index (χ0v) is 13.7. The van der Waals surface area contributed by atoms with E-state index in [1.54, 1.807) is 11.3 Å². The number of piperidine rings is 1. The number of hydrazine groups is 1. The zero-order chi connectivity index (χ0) is 16.1. The van der Waals surface area contributed by atoms with Crippen molar-refractivity contribution in [2.45, 2.75) is 25.4 Å². The molecule has 1 aliphatic heterocycles. The number of nitrogens with two attached hydrogens (primary N) is 1. The number of benzene rings is 1. The van der Waals surface area contributed by atoms with E-state index in [4.69, 9.17) is 21.0 Å². The molecule has 0 radical (unpaired) electrons. The van der Waals surface area contributed by atoms with Gasteiger partial charge in [0.25, 0.3) is 0 Å². The van der Waals surface area contributed by atoms with Gasteiger partial charge in [-0.25, -0.2) is 10.8 Å². The van der Waals surface area contributed by atoms with Crippen molar-refractivity contribution in [3.05, 3.63) is 40.3 Å². The van der Waals surface area contributed by atoms with Crippen molar-refractivity contribution in [1.82, 2.24) is 10.3 Å². The fraction of sp³-hybridized carbons (Fsp3) is 0.375. The molecule has 1 atom stereocenters. The molecule has 1 unspecified atom stereocenters. The van der Waals surface area contributed by atoms with E-state index in [1.165, 1.54) is 22.9 Å². The maximum atomic E-state index is 7.11. The van der Waals surface area contributed by atoms with Gasteiger partial charge in [-0.3, -0.25) is 10.4 Å². The Hall–Kier alpha value is -1.96. The highest BCUT2D eigenvalue weighted by Crippen LogP contribution is 2.26. The number of nitrogens with zero attached hydrogens (tertiary/aromatic N) is 2. The van der Waals surface area contributed by atoms with Crippen LogP contribution in [0.4, 0.5) is 5.69 Å². The minimum atomic E-state index is 0.465. The van der Waals surface area contributed by atoms with E-state index in [0.29, 0.717) is 12.5 Å².